The Labute approximate surface area is 104 Å². The minimum absolute atomic E-state index is 0.246. The Kier molecular flexibility index (Phi) is 5.35. The quantitative estimate of drug-likeness (QED) is 0.826. The van der Waals surface area contributed by atoms with Crippen molar-refractivity contribution < 1.29 is 4.74 Å². The number of aryl methyl sites for hydroxylation is 2. The Bertz CT molecular complexity index is 332. The molecule has 1 N–H and O–H groups in total. The van der Waals surface area contributed by atoms with Crippen molar-refractivity contribution in [3.05, 3.63) is 17.5 Å². The highest BCUT2D eigenvalue weighted by atomic mass is 16.5. The van der Waals surface area contributed by atoms with Gasteiger partial charge in [0, 0.05) is 18.0 Å². The monoisotopic (exact) mass is 237 g/mol. The molecule has 1 aromatic heterocycles. The number of anilines is 1. The molecule has 0 saturated heterocycles. The first-order valence-corrected chi connectivity index (χ1v) is 6.19. The van der Waals surface area contributed by atoms with Crippen LogP contribution in [0.5, 0.6) is 0 Å². The average molecular weight is 237 g/mol. The van der Waals surface area contributed by atoms with E-state index in [1.807, 2.05) is 26.8 Å². The molecular weight excluding hydrogens is 214 g/mol. The van der Waals surface area contributed by atoms with Gasteiger partial charge in [0.15, 0.2) is 0 Å². The second-order valence-electron chi connectivity index (χ2n) is 4.63. The predicted molar refractivity (Wildman–Crippen MR) is 70.2 cm³/mol. The molecule has 1 aromatic rings. The minimum Gasteiger partial charge on any atom is -0.380 e. The summed E-state index contributed by atoms with van der Waals surface area (Å²) in [5.41, 5.74) is 1.97. The van der Waals surface area contributed by atoms with Gasteiger partial charge in [0.25, 0.3) is 0 Å². The first kappa shape index (κ1) is 13.9. The first-order chi connectivity index (χ1) is 8.02. The molecule has 0 aliphatic heterocycles. The van der Waals surface area contributed by atoms with Crippen molar-refractivity contribution in [1.29, 1.82) is 0 Å². The van der Waals surface area contributed by atoms with Gasteiger partial charge in [-0.2, -0.15) is 0 Å². The average Bonchev–Trinajstić information content (AvgIpc) is 2.22. The van der Waals surface area contributed by atoms with Gasteiger partial charge in [-0.1, -0.05) is 13.8 Å². The molecule has 1 heterocycles. The summed E-state index contributed by atoms with van der Waals surface area (Å²) in [7, 11) is 0. The summed E-state index contributed by atoms with van der Waals surface area (Å²) in [5, 5.41) is 3.35. The minimum atomic E-state index is 0.246. The molecule has 0 saturated carbocycles. The Morgan fingerprint density at radius 2 is 1.82 bits per heavy atom. The fraction of sp³-hybridized carbons (Fsp3) is 0.692. The maximum atomic E-state index is 5.47. The van der Waals surface area contributed by atoms with Gasteiger partial charge in [0.05, 0.1) is 12.6 Å². The summed E-state index contributed by atoms with van der Waals surface area (Å²) in [5.74, 6) is 1.17. The summed E-state index contributed by atoms with van der Waals surface area (Å²) in [4.78, 5) is 8.77. The van der Waals surface area contributed by atoms with Gasteiger partial charge in [-0.25, -0.2) is 9.97 Å². The highest BCUT2D eigenvalue weighted by Crippen LogP contribution is 2.10. The Balaban J connectivity index is 2.71. The van der Waals surface area contributed by atoms with Crippen molar-refractivity contribution in [3.63, 3.8) is 0 Å². The van der Waals surface area contributed by atoms with Gasteiger partial charge in [0.1, 0.15) is 0 Å². The van der Waals surface area contributed by atoms with E-state index in [1.165, 1.54) is 0 Å². The van der Waals surface area contributed by atoms with Crippen LogP contribution < -0.4 is 5.32 Å². The van der Waals surface area contributed by atoms with Crippen LogP contribution in [0.2, 0.25) is 0 Å². The molecule has 17 heavy (non-hydrogen) atoms. The predicted octanol–water partition coefficient (Wildman–Crippen LogP) is 2.57. The molecule has 0 amide bonds. The molecule has 4 nitrogen and oxygen atoms in total. The number of nitrogens with one attached hydrogen (secondary N) is 1. The second-order valence-corrected chi connectivity index (χ2v) is 4.63. The van der Waals surface area contributed by atoms with Crippen molar-refractivity contribution in [2.45, 2.75) is 40.7 Å². The fourth-order valence-corrected chi connectivity index (χ4v) is 1.60. The normalized spacial score (nSPS) is 12.8. The van der Waals surface area contributed by atoms with Crippen LogP contribution in [-0.2, 0) is 4.74 Å². The van der Waals surface area contributed by atoms with Gasteiger partial charge in [-0.05, 0) is 32.8 Å². The molecule has 0 fully saturated rings. The van der Waals surface area contributed by atoms with Crippen LogP contribution >= 0.6 is 0 Å². The summed E-state index contributed by atoms with van der Waals surface area (Å²) in [6.07, 6.45) is 0. The van der Waals surface area contributed by atoms with Crippen molar-refractivity contribution >= 4 is 5.95 Å². The molecule has 0 aliphatic rings. The van der Waals surface area contributed by atoms with E-state index in [9.17, 15) is 0 Å². The summed E-state index contributed by atoms with van der Waals surface area (Å²) < 4.78 is 5.47. The number of rotatable bonds is 6. The Hall–Kier alpha value is -1.16. The number of nitrogens with zero attached hydrogens (tertiary/aromatic N) is 2. The molecule has 0 bridgehead atoms. The van der Waals surface area contributed by atoms with E-state index >= 15 is 0 Å². The number of aromatic nitrogens is 2. The van der Waals surface area contributed by atoms with Gasteiger partial charge in [-0.15, -0.1) is 0 Å². The third-order valence-electron chi connectivity index (χ3n) is 2.60. The molecule has 0 spiro atoms. The fourth-order valence-electron chi connectivity index (χ4n) is 1.60. The summed E-state index contributed by atoms with van der Waals surface area (Å²) >= 11 is 0. The molecule has 0 radical (unpaired) electrons. The topological polar surface area (TPSA) is 47.0 Å². The number of hydrogen-bond acceptors (Lipinski definition) is 4. The first-order valence-electron chi connectivity index (χ1n) is 6.19. The lowest BCUT2D eigenvalue weighted by molar-refractivity contribution is 0.126. The molecule has 1 unspecified atom stereocenters. The third-order valence-corrected chi connectivity index (χ3v) is 2.60. The van der Waals surface area contributed by atoms with Gasteiger partial charge in [0.2, 0.25) is 5.95 Å². The zero-order valence-electron chi connectivity index (χ0n) is 11.4. The van der Waals surface area contributed by atoms with Crippen molar-refractivity contribution in [3.8, 4) is 0 Å². The molecule has 0 aromatic carbocycles. The van der Waals surface area contributed by atoms with E-state index in [0.29, 0.717) is 18.5 Å². The highest BCUT2D eigenvalue weighted by molar-refractivity contribution is 5.29. The van der Waals surface area contributed by atoms with Crippen LogP contribution in [0, 0.1) is 19.8 Å². The summed E-state index contributed by atoms with van der Waals surface area (Å²) in [6, 6.07) is 2.22. The second kappa shape index (κ2) is 6.55. The lowest BCUT2D eigenvalue weighted by atomic mass is 10.1. The molecule has 0 aliphatic carbocycles. The van der Waals surface area contributed by atoms with E-state index in [0.717, 1.165) is 18.0 Å². The summed E-state index contributed by atoms with van der Waals surface area (Å²) in [6.45, 7) is 11.7. The van der Waals surface area contributed by atoms with E-state index < -0.39 is 0 Å². The van der Waals surface area contributed by atoms with E-state index in [-0.39, 0.29) is 6.04 Å². The maximum absolute atomic E-state index is 5.47. The molecular formula is C13H23N3O. The smallest absolute Gasteiger partial charge is 0.223 e. The van der Waals surface area contributed by atoms with Crippen molar-refractivity contribution in [1.82, 2.24) is 9.97 Å². The van der Waals surface area contributed by atoms with Crippen LogP contribution in [0.25, 0.3) is 0 Å². The Morgan fingerprint density at radius 3 is 2.29 bits per heavy atom. The molecule has 96 valence electrons. The van der Waals surface area contributed by atoms with Crippen LogP contribution in [0.1, 0.15) is 32.2 Å². The lowest BCUT2D eigenvalue weighted by Crippen LogP contribution is -2.31. The number of hydrogen-bond donors (Lipinski definition) is 1. The number of ether oxygens (including phenoxy) is 1. The standard InChI is InChI=1S/C13H23N3O/c1-6-17-8-12(9(2)3)16-13-14-10(4)7-11(5)15-13/h7,9,12H,6,8H2,1-5H3,(H,14,15,16). The molecule has 4 heteroatoms. The van der Waals surface area contributed by atoms with Crippen LogP contribution in [0.4, 0.5) is 5.95 Å². The maximum Gasteiger partial charge on any atom is 0.223 e. The van der Waals surface area contributed by atoms with Crippen molar-refractivity contribution in [2.75, 3.05) is 18.5 Å². The lowest BCUT2D eigenvalue weighted by Gasteiger charge is -2.22. The molecule has 1 atom stereocenters. The zero-order valence-corrected chi connectivity index (χ0v) is 11.4. The van der Waals surface area contributed by atoms with Crippen LogP contribution in [0.3, 0.4) is 0 Å². The van der Waals surface area contributed by atoms with E-state index in [1.54, 1.807) is 0 Å². The SMILES string of the molecule is CCOCC(Nc1nc(C)cc(C)n1)C(C)C. The van der Waals surface area contributed by atoms with Crippen LogP contribution in [-0.4, -0.2) is 29.2 Å². The zero-order chi connectivity index (χ0) is 12.8. The van der Waals surface area contributed by atoms with Gasteiger partial charge in [-0.3, -0.25) is 0 Å². The third kappa shape index (κ3) is 4.69. The van der Waals surface area contributed by atoms with Crippen molar-refractivity contribution in [2.24, 2.45) is 5.92 Å². The Morgan fingerprint density at radius 1 is 1.24 bits per heavy atom. The van der Waals surface area contributed by atoms with E-state index in [4.69, 9.17) is 4.74 Å². The van der Waals surface area contributed by atoms with Crippen LogP contribution in [0.15, 0.2) is 6.07 Å². The van der Waals surface area contributed by atoms with Gasteiger partial charge >= 0.3 is 0 Å². The largest absolute Gasteiger partial charge is 0.380 e. The molecule has 1 rings (SSSR count). The van der Waals surface area contributed by atoms with Gasteiger partial charge < -0.3 is 10.1 Å². The van der Waals surface area contributed by atoms with E-state index in [2.05, 4.69) is 29.1 Å². The highest BCUT2D eigenvalue weighted by Gasteiger charge is 2.14.